The fourth-order valence-electron chi connectivity index (χ4n) is 2.56. The van der Waals surface area contributed by atoms with Crippen LogP contribution in [0.25, 0.3) is 11.1 Å². The van der Waals surface area contributed by atoms with Crippen molar-refractivity contribution in [3.63, 3.8) is 0 Å². The first kappa shape index (κ1) is 14.6. The highest BCUT2D eigenvalue weighted by atomic mass is 35.5. The van der Waals surface area contributed by atoms with Gasteiger partial charge in [-0.2, -0.15) is 0 Å². The summed E-state index contributed by atoms with van der Waals surface area (Å²) in [6.45, 7) is 0.999. The summed E-state index contributed by atoms with van der Waals surface area (Å²) < 4.78 is 0. The minimum atomic E-state index is 0.191. The molecule has 1 saturated heterocycles. The minimum absolute atomic E-state index is 0.191. The lowest BCUT2D eigenvalue weighted by molar-refractivity contribution is 0.397. The van der Waals surface area contributed by atoms with E-state index in [4.69, 9.17) is 28.9 Å². The molecular formula is C15H16Cl2N4. The van der Waals surface area contributed by atoms with Crippen LogP contribution in [0.4, 0.5) is 5.82 Å². The lowest BCUT2D eigenvalue weighted by Crippen LogP contribution is -2.28. The first-order valence-corrected chi connectivity index (χ1v) is 7.72. The zero-order chi connectivity index (χ0) is 14.8. The number of halogens is 2. The molecule has 2 aromatic rings. The summed E-state index contributed by atoms with van der Waals surface area (Å²) in [5, 5.41) is 4.55. The number of anilines is 1. The van der Waals surface area contributed by atoms with Gasteiger partial charge in [-0.3, -0.25) is 0 Å². The summed E-state index contributed by atoms with van der Waals surface area (Å²) in [6, 6.07) is 5.49. The van der Waals surface area contributed by atoms with Gasteiger partial charge < -0.3 is 11.1 Å². The van der Waals surface area contributed by atoms with Crippen molar-refractivity contribution in [3.8, 4) is 11.1 Å². The van der Waals surface area contributed by atoms with Gasteiger partial charge in [-0.15, -0.1) is 0 Å². The quantitative estimate of drug-likeness (QED) is 0.881. The highest BCUT2D eigenvalue weighted by molar-refractivity contribution is 6.36. The van der Waals surface area contributed by atoms with Gasteiger partial charge in [-0.05, 0) is 31.5 Å². The number of hydrogen-bond acceptors (Lipinski definition) is 4. The molecule has 1 unspecified atom stereocenters. The molecule has 0 aliphatic carbocycles. The molecule has 1 atom stereocenters. The van der Waals surface area contributed by atoms with Crippen LogP contribution in [0.2, 0.25) is 10.0 Å². The summed E-state index contributed by atoms with van der Waals surface area (Å²) in [5.74, 6) is 1.19. The van der Waals surface area contributed by atoms with E-state index in [1.54, 1.807) is 18.3 Å². The normalized spacial score (nSPS) is 18.7. The zero-order valence-electron chi connectivity index (χ0n) is 11.4. The summed E-state index contributed by atoms with van der Waals surface area (Å²) in [4.78, 5) is 8.91. The Labute approximate surface area is 133 Å². The molecule has 0 spiro atoms. The second-order valence-corrected chi connectivity index (χ2v) is 6.00. The maximum atomic E-state index is 6.22. The van der Waals surface area contributed by atoms with Gasteiger partial charge in [0.2, 0.25) is 0 Å². The van der Waals surface area contributed by atoms with Crippen molar-refractivity contribution in [2.24, 2.45) is 0 Å². The number of piperidine rings is 1. The predicted octanol–water partition coefficient (Wildman–Crippen LogP) is 3.85. The number of nitrogens with two attached hydrogens (primary N) is 1. The van der Waals surface area contributed by atoms with Crippen LogP contribution in [0.3, 0.4) is 0 Å². The molecule has 1 aliphatic heterocycles. The van der Waals surface area contributed by atoms with Crippen LogP contribution in [0, 0.1) is 0 Å². The number of hydrogen-bond donors (Lipinski definition) is 2. The minimum Gasteiger partial charge on any atom is -0.383 e. The Morgan fingerprint density at radius 2 is 2.05 bits per heavy atom. The summed E-state index contributed by atoms with van der Waals surface area (Å²) in [6.07, 6.45) is 5.17. The molecule has 0 radical (unpaired) electrons. The molecule has 1 aromatic carbocycles. The maximum absolute atomic E-state index is 6.22. The van der Waals surface area contributed by atoms with Crippen molar-refractivity contribution >= 4 is 29.0 Å². The van der Waals surface area contributed by atoms with E-state index in [2.05, 4.69) is 15.3 Å². The lowest BCUT2D eigenvalue weighted by Gasteiger charge is -2.22. The molecule has 1 fully saturated rings. The standard InChI is InChI=1S/C15H16Cl2N4/c16-9-4-5-10(12(17)7-9)11-8-20-15(21-14(11)18)13-3-1-2-6-19-13/h4-5,7-8,13,19H,1-3,6H2,(H2,18,20,21). The molecule has 2 heterocycles. The van der Waals surface area contributed by atoms with Crippen LogP contribution in [0.15, 0.2) is 24.4 Å². The fraction of sp³-hybridized carbons (Fsp3) is 0.333. The first-order chi connectivity index (χ1) is 10.1. The van der Waals surface area contributed by atoms with E-state index in [1.807, 2.05) is 6.07 Å². The third-order valence-electron chi connectivity index (χ3n) is 3.68. The summed E-state index contributed by atoms with van der Waals surface area (Å²) >= 11 is 12.1. The predicted molar refractivity (Wildman–Crippen MR) is 86.5 cm³/mol. The number of rotatable bonds is 2. The van der Waals surface area contributed by atoms with Crippen molar-refractivity contribution in [2.45, 2.75) is 25.3 Å². The van der Waals surface area contributed by atoms with Crippen LogP contribution in [-0.4, -0.2) is 16.5 Å². The lowest BCUT2D eigenvalue weighted by atomic mass is 10.0. The number of nitrogens with zero attached hydrogens (tertiary/aromatic N) is 2. The van der Waals surface area contributed by atoms with Crippen molar-refractivity contribution in [1.82, 2.24) is 15.3 Å². The Balaban J connectivity index is 1.93. The smallest absolute Gasteiger partial charge is 0.147 e. The highest BCUT2D eigenvalue weighted by Gasteiger charge is 2.19. The van der Waals surface area contributed by atoms with Gasteiger partial charge in [-0.1, -0.05) is 35.7 Å². The Morgan fingerprint density at radius 1 is 1.19 bits per heavy atom. The summed E-state index contributed by atoms with van der Waals surface area (Å²) in [5.41, 5.74) is 7.62. The van der Waals surface area contributed by atoms with Crippen LogP contribution in [-0.2, 0) is 0 Å². The Bertz CT molecular complexity index is 654. The number of nitrogens with one attached hydrogen (secondary N) is 1. The molecule has 110 valence electrons. The average Bonchev–Trinajstić information content (AvgIpc) is 2.49. The van der Waals surface area contributed by atoms with Crippen molar-refractivity contribution in [1.29, 1.82) is 0 Å². The molecule has 1 aromatic heterocycles. The number of aromatic nitrogens is 2. The summed E-state index contributed by atoms with van der Waals surface area (Å²) in [7, 11) is 0. The van der Waals surface area contributed by atoms with E-state index in [0.717, 1.165) is 29.9 Å². The van der Waals surface area contributed by atoms with Crippen molar-refractivity contribution in [3.05, 3.63) is 40.3 Å². The first-order valence-electron chi connectivity index (χ1n) is 6.96. The molecule has 1 aliphatic rings. The van der Waals surface area contributed by atoms with Gasteiger partial charge in [0, 0.05) is 22.3 Å². The van der Waals surface area contributed by atoms with Crippen LogP contribution < -0.4 is 11.1 Å². The van der Waals surface area contributed by atoms with Gasteiger partial charge >= 0.3 is 0 Å². The molecule has 0 amide bonds. The fourth-order valence-corrected chi connectivity index (χ4v) is 3.08. The SMILES string of the molecule is Nc1nc(C2CCCCN2)ncc1-c1ccc(Cl)cc1Cl. The third kappa shape index (κ3) is 3.12. The van der Waals surface area contributed by atoms with Gasteiger partial charge in [0.1, 0.15) is 11.6 Å². The van der Waals surface area contributed by atoms with Crippen molar-refractivity contribution in [2.75, 3.05) is 12.3 Å². The molecule has 3 N–H and O–H groups in total. The Morgan fingerprint density at radius 3 is 2.71 bits per heavy atom. The van der Waals surface area contributed by atoms with Gasteiger partial charge in [0.15, 0.2) is 0 Å². The van der Waals surface area contributed by atoms with Crippen LogP contribution in [0.1, 0.15) is 31.1 Å². The van der Waals surface area contributed by atoms with E-state index in [0.29, 0.717) is 15.9 Å². The monoisotopic (exact) mass is 322 g/mol. The largest absolute Gasteiger partial charge is 0.383 e. The van der Waals surface area contributed by atoms with E-state index in [-0.39, 0.29) is 6.04 Å². The molecule has 3 rings (SSSR count). The third-order valence-corrected chi connectivity index (χ3v) is 4.23. The highest BCUT2D eigenvalue weighted by Crippen LogP contribution is 2.33. The Kier molecular flexibility index (Phi) is 4.29. The topological polar surface area (TPSA) is 63.8 Å². The Hall–Kier alpha value is -1.36. The second kappa shape index (κ2) is 6.18. The number of benzene rings is 1. The van der Waals surface area contributed by atoms with Crippen LogP contribution >= 0.6 is 23.2 Å². The van der Waals surface area contributed by atoms with E-state index < -0.39 is 0 Å². The molecule has 0 saturated carbocycles. The molecular weight excluding hydrogens is 307 g/mol. The van der Waals surface area contributed by atoms with Gasteiger partial charge in [-0.25, -0.2) is 9.97 Å². The molecule has 4 nitrogen and oxygen atoms in total. The van der Waals surface area contributed by atoms with Crippen molar-refractivity contribution < 1.29 is 0 Å². The maximum Gasteiger partial charge on any atom is 0.147 e. The van der Waals surface area contributed by atoms with E-state index in [9.17, 15) is 0 Å². The van der Waals surface area contributed by atoms with E-state index >= 15 is 0 Å². The number of nitrogen functional groups attached to an aromatic ring is 1. The van der Waals surface area contributed by atoms with E-state index in [1.165, 1.54) is 12.8 Å². The molecule has 0 bridgehead atoms. The molecule has 21 heavy (non-hydrogen) atoms. The zero-order valence-corrected chi connectivity index (χ0v) is 13.0. The van der Waals surface area contributed by atoms with Gasteiger partial charge in [0.25, 0.3) is 0 Å². The van der Waals surface area contributed by atoms with Crippen LogP contribution in [0.5, 0.6) is 0 Å². The van der Waals surface area contributed by atoms with Gasteiger partial charge in [0.05, 0.1) is 11.1 Å². The average molecular weight is 323 g/mol. The second-order valence-electron chi connectivity index (χ2n) is 5.15. The molecule has 6 heteroatoms.